The van der Waals surface area contributed by atoms with Crippen LogP contribution in [0, 0.1) is 0 Å². The lowest BCUT2D eigenvalue weighted by Gasteiger charge is -2.18. The lowest BCUT2D eigenvalue weighted by Crippen LogP contribution is -2.30. The van der Waals surface area contributed by atoms with E-state index in [0.717, 1.165) is 96.3 Å². The Kier molecular flexibility index (Phi) is 53.3. The summed E-state index contributed by atoms with van der Waals surface area (Å²) in [6.07, 6.45) is 69.2. The fourth-order valence-corrected chi connectivity index (χ4v) is 8.21. The predicted molar refractivity (Wildman–Crippen MR) is 288 cm³/mol. The Bertz CT molecular complexity index is 1210. The summed E-state index contributed by atoms with van der Waals surface area (Å²) in [5.74, 6) is -0.894. The SMILES string of the molecule is CC/C=C\C/C=C\C/C=C\CCCCCCCCC(=O)OC(COC(=O)CCCCCCCC/C=C\C=C/CCCCC)COC(=O)CCCCCCCCCCCCCCCCCCCC. The summed E-state index contributed by atoms with van der Waals surface area (Å²) < 4.78 is 16.9. The molecule has 0 N–H and O–H groups in total. The lowest BCUT2D eigenvalue weighted by molar-refractivity contribution is -0.167. The molecule has 67 heavy (non-hydrogen) atoms. The van der Waals surface area contributed by atoms with Gasteiger partial charge in [-0.1, -0.05) is 255 Å². The average molecular weight is 938 g/mol. The second-order valence-corrected chi connectivity index (χ2v) is 19.2. The fourth-order valence-electron chi connectivity index (χ4n) is 8.21. The number of allylic oxidation sites excluding steroid dienone is 10. The van der Waals surface area contributed by atoms with E-state index in [9.17, 15) is 14.4 Å². The minimum atomic E-state index is -0.784. The number of hydrogen-bond donors (Lipinski definition) is 0. The van der Waals surface area contributed by atoms with Crippen molar-refractivity contribution in [3.8, 4) is 0 Å². The highest BCUT2D eigenvalue weighted by Gasteiger charge is 2.19. The molecule has 0 bridgehead atoms. The Hall–Kier alpha value is -2.89. The Morgan fingerprint density at radius 2 is 0.627 bits per heavy atom. The fraction of sp³-hybridized carbons (Fsp3) is 0.787. The average Bonchev–Trinajstić information content (AvgIpc) is 3.33. The molecular formula is C61H108O6. The second kappa shape index (κ2) is 55.7. The third-order valence-corrected chi connectivity index (χ3v) is 12.5. The molecule has 0 aromatic heterocycles. The molecule has 0 fully saturated rings. The first-order chi connectivity index (χ1) is 33.0. The molecule has 0 spiro atoms. The van der Waals surface area contributed by atoms with Crippen LogP contribution < -0.4 is 0 Å². The monoisotopic (exact) mass is 937 g/mol. The van der Waals surface area contributed by atoms with E-state index in [1.54, 1.807) is 0 Å². The maximum Gasteiger partial charge on any atom is 0.306 e. The van der Waals surface area contributed by atoms with Crippen molar-refractivity contribution in [2.75, 3.05) is 13.2 Å². The zero-order valence-electron chi connectivity index (χ0n) is 44.4. The molecule has 1 unspecified atom stereocenters. The molecular weight excluding hydrogens is 829 g/mol. The standard InChI is InChI=1S/C61H108O6/c1-4-7-10-13-16-19-22-25-28-30-31-34-36-39-42-45-48-51-54-60(63)66-57-58(56-65-59(62)53-50-47-44-41-38-35-32-27-24-21-18-15-12-9-6-3)67-61(64)55-52-49-46-43-40-37-33-29-26-23-20-17-14-11-8-5-2/h8,11,17-18,20-21,24,26-27,29,58H,4-7,9-10,12-16,19,22-23,25,28,30-57H2,1-3H3/b11-8-,20-17-,21-18-,27-24-,29-26-. The predicted octanol–water partition coefficient (Wildman–Crippen LogP) is 19.2. The highest BCUT2D eigenvalue weighted by molar-refractivity contribution is 5.71. The largest absolute Gasteiger partial charge is 0.462 e. The Morgan fingerprint density at radius 1 is 0.328 bits per heavy atom. The lowest BCUT2D eigenvalue weighted by atomic mass is 10.0. The first kappa shape index (κ1) is 64.1. The van der Waals surface area contributed by atoms with Gasteiger partial charge in [0.25, 0.3) is 0 Å². The van der Waals surface area contributed by atoms with Crippen LogP contribution in [0.1, 0.15) is 290 Å². The summed E-state index contributed by atoms with van der Waals surface area (Å²) in [5.41, 5.74) is 0. The van der Waals surface area contributed by atoms with Crippen molar-refractivity contribution in [3.05, 3.63) is 60.8 Å². The van der Waals surface area contributed by atoms with Gasteiger partial charge in [-0.25, -0.2) is 0 Å². The van der Waals surface area contributed by atoms with E-state index in [1.165, 1.54) is 154 Å². The molecule has 0 amide bonds. The number of esters is 3. The van der Waals surface area contributed by atoms with Gasteiger partial charge >= 0.3 is 17.9 Å². The summed E-state index contributed by atoms with van der Waals surface area (Å²) in [6, 6.07) is 0. The molecule has 388 valence electrons. The normalized spacial score (nSPS) is 12.5. The van der Waals surface area contributed by atoms with Crippen LogP contribution in [0.5, 0.6) is 0 Å². The van der Waals surface area contributed by atoms with Gasteiger partial charge in [0, 0.05) is 19.3 Å². The molecule has 0 rings (SSSR count). The van der Waals surface area contributed by atoms with Crippen LogP contribution >= 0.6 is 0 Å². The van der Waals surface area contributed by atoms with Crippen molar-refractivity contribution in [3.63, 3.8) is 0 Å². The quantitative estimate of drug-likeness (QED) is 0.0199. The zero-order chi connectivity index (χ0) is 48.6. The van der Waals surface area contributed by atoms with Gasteiger partial charge in [0.15, 0.2) is 6.10 Å². The van der Waals surface area contributed by atoms with Crippen LogP contribution in [0.2, 0.25) is 0 Å². The van der Waals surface area contributed by atoms with Crippen LogP contribution in [0.25, 0.3) is 0 Å². The maximum atomic E-state index is 12.8. The maximum absolute atomic E-state index is 12.8. The van der Waals surface area contributed by atoms with Crippen LogP contribution in [-0.2, 0) is 28.6 Å². The van der Waals surface area contributed by atoms with E-state index in [0.29, 0.717) is 19.3 Å². The molecule has 0 heterocycles. The van der Waals surface area contributed by atoms with Crippen LogP contribution in [0.15, 0.2) is 60.8 Å². The molecule has 0 saturated carbocycles. The van der Waals surface area contributed by atoms with E-state index < -0.39 is 6.10 Å². The number of rotatable bonds is 52. The molecule has 6 nitrogen and oxygen atoms in total. The van der Waals surface area contributed by atoms with E-state index >= 15 is 0 Å². The molecule has 0 aromatic carbocycles. The van der Waals surface area contributed by atoms with E-state index in [-0.39, 0.29) is 31.1 Å². The van der Waals surface area contributed by atoms with Gasteiger partial charge in [0.1, 0.15) is 13.2 Å². The van der Waals surface area contributed by atoms with Gasteiger partial charge in [-0.3, -0.25) is 14.4 Å². The number of ether oxygens (including phenoxy) is 3. The summed E-state index contributed by atoms with van der Waals surface area (Å²) in [4.78, 5) is 38.2. The Balaban J connectivity index is 4.38. The van der Waals surface area contributed by atoms with Crippen LogP contribution in [0.3, 0.4) is 0 Å². The van der Waals surface area contributed by atoms with Gasteiger partial charge in [-0.15, -0.1) is 0 Å². The van der Waals surface area contributed by atoms with Gasteiger partial charge in [-0.2, -0.15) is 0 Å². The summed E-state index contributed by atoms with van der Waals surface area (Å²) >= 11 is 0. The van der Waals surface area contributed by atoms with Crippen molar-refractivity contribution in [2.24, 2.45) is 0 Å². The van der Waals surface area contributed by atoms with Crippen molar-refractivity contribution in [2.45, 2.75) is 297 Å². The molecule has 0 radical (unpaired) electrons. The molecule has 6 heteroatoms. The smallest absolute Gasteiger partial charge is 0.306 e. The molecule has 0 aliphatic heterocycles. The molecule has 0 aromatic rings. The molecule has 0 aliphatic carbocycles. The number of unbranched alkanes of at least 4 members (excludes halogenated alkanes) is 32. The summed E-state index contributed by atoms with van der Waals surface area (Å²) in [7, 11) is 0. The molecule has 0 saturated heterocycles. The van der Waals surface area contributed by atoms with Crippen molar-refractivity contribution in [1.29, 1.82) is 0 Å². The van der Waals surface area contributed by atoms with E-state index in [2.05, 4.69) is 81.5 Å². The minimum absolute atomic E-state index is 0.0810. The zero-order valence-corrected chi connectivity index (χ0v) is 44.4. The molecule has 0 aliphatic rings. The van der Waals surface area contributed by atoms with Crippen molar-refractivity contribution in [1.82, 2.24) is 0 Å². The number of carbonyl (C=O) groups excluding carboxylic acids is 3. The number of hydrogen-bond acceptors (Lipinski definition) is 6. The topological polar surface area (TPSA) is 78.9 Å². The summed E-state index contributed by atoms with van der Waals surface area (Å²) in [5, 5.41) is 0. The summed E-state index contributed by atoms with van der Waals surface area (Å²) in [6.45, 7) is 6.51. The van der Waals surface area contributed by atoms with Gasteiger partial charge in [0.05, 0.1) is 0 Å². The van der Waals surface area contributed by atoms with Crippen LogP contribution in [0.4, 0.5) is 0 Å². The van der Waals surface area contributed by atoms with E-state index in [1.807, 2.05) is 0 Å². The Labute approximate surface area is 415 Å². The van der Waals surface area contributed by atoms with Gasteiger partial charge < -0.3 is 14.2 Å². The minimum Gasteiger partial charge on any atom is -0.462 e. The first-order valence-corrected chi connectivity index (χ1v) is 28.8. The van der Waals surface area contributed by atoms with Crippen molar-refractivity contribution < 1.29 is 28.6 Å². The second-order valence-electron chi connectivity index (χ2n) is 19.2. The third kappa shape index (κ3) is 53.9. The highest BCUT2D eigenvalue weighted by Crippen LogP contribution is 2.16. The van der Waals surface area contributed by atoms with Crippen molar-refractivity contribution >= 4 is 17.9 Å². The highest BCUT2D eigenvalue weighted by atomic mass is 16.6. The van der Waals surface area contributed by atoms with E-state index in [4.69, 9.17) is 14.2 Å². The van der Waals surface area contributed by atoms with Crippen LogP contribution in [-0.4, -0.2) is 37.2 Å². The Morgan fingerprint density at radius 3 is 1.03 bits per heavy atom. The number of carbonyl (C=O) groups is 3. The first-order valence-electron chi connectivity index (χ1n) is 28.8. The van der Waals surface area contributed by atoms with Gasteiger partial charge in [-0.05, 0) is 77.0 Å². The van der Waals surface area contributed by atoms with Gasteiger partial charge in [0.2, 0.25) is 0 Å². The molecule has 1 atom stereocenters. The third-order valence-electron chi connectivity index (χ3n) is 12.5.